The van der Waals surface area contributed by atoms with Gasteiger partial charge in [-0.2, -0.15) is 0 Å². The summed E-state index contributed by atoms with van der Waals surface area (Å²) in [5.74, 6) is 0.669. The molecule has 4 heteroatoms. The van der Waals surface area contributed by atoms with Crippen LogP contribution < -0.4 is 4.65 Å². The van der Waals surface area contributed by atoms with Crippen molar-refractivity contribution < 1.29 is 14.1 Å². The molecule has 20 heavy (non-hydrogen) atoms. The predicted octanol–water partition coefficient (Wildman–Crippen LogP) is 3.38. The van der Waals surface area contributed by atoms with Crippen LogP contribution in [0.3, 0.4) is 0 Å². The first-order chi connectivity index (χ1) is 9.88. The Hall–Kier alpha value is -2.46. The molecule has 3 aromatic carbocycles. The van der Waals surface area contributed by atoms with E-state index in [2.05, 4.69) is 0 Å². The van der Waals surface area contributed by atoms with Crippen molar-refractivity contribution in [1.29, 1.82) is 0 Å². The zero-order chi connectivity index (χ0) is 13.5. The van der Waals surface area contributed by atoms with Gasteiger partial charge in [0.25, 0.3) is 0 Å². The van der Waals surface area contributed by atoms with E-state index in [-0.39, 0.29) is 7.69 Å². The van der Waals surface area contributed by atoms with Crippen LogP contribution in [0.1, 0.15) is 0 Å². The molecular formula is C16H11BO3. The lowest BCUT2D eigenvalue weighted by molar-refractivity contribution is 0.457. The van der Waals surface area contributed by atoms with Gasteiger partial charge in [-0.25, -0.2) is 0 Å². The third-order valence-corrected chi connectivity index (χ3v) is 3.57. The average Bonchev–Trinajstić information content (AvgIpc) is 2.87. The number of rotatable bonds is 2. The fraction of sp³-hybridized carbons (Fsp3) is 0. The Morgan fingerprint density at radius 2 is 1.55 bits per heavy atom. The van der Waals surface area contributed by atoms with Gasteiger partial charge in [-0.3, -0.25) is 0 Å². The smallest absolute Gasteiger partial charge is 0.504 e. The van der Waals surface area contributed by atoms with Crippen molar-refractivity contribution in [2.45, 2.75) is 0 Å². The van der Waals surface area contributed by atoms with Crippen LogP contribution in [0.5, 0.6) is 5.75 Å². The van der Waals surface area contributed by atoms with Gasteiger partial charge in [-0.1, -0.05) is 42.5 Å². The number of hydrogen-bond donors (Lipinski definition) is 1. The minimum absolute atomic E-state index is 0.342. The standard InChI is InChI=1S/C16H11BO3/c18-17-20-15-9-13-11-6-3-4-8-14(11)19-16(13)12-7-2-1-5-10(12)15/h1-9,17-18H. The molecule has 4 rings (SSSR count). The minimum atomic E-state index is -0.342. The molecule has 0 bridgehead atoms. The normalized spacial score (nSPS) is 11.2. The maximum Gasteiger partial charge on any atom is 0.504 e. The molecule has 0 unspecified atom stereocenters. The van der Waals surface area contributed by atoms with Crippen LogP contribution in [0.4, 0.5) is 0 Å². The van der Waals surface area contributed by atoms with E-state index in [1.165, 1.54) is 0 Å². The van der Waals surface area contributed by atoms with Crippen molar-refractivity contribution in [2.24, 2.45) is 0 Å². The summed E-state index contributed by atoms with van der Waals surface area (Å²) in [7, 11) is -0.342. The van der Waals surface area contributed by atoms with Crippen LogP contribution in [-0.4, -0.2) is 12.7 Å². The number of para-hydroxylation sites is 1. The molecule has 0 aliphatic heterocycles. The second-order valence-corrected chi connectivity index (χ2v) is 4.67. The SMILES string of the molecule is OBOc1cc2c3ccccc3oc2c2ccccc12. The first-order valence-electron chi connectivity index (χ1n) is 6.45. The highest BCUT2D eigenvalue weighted by Crippen LogP contribution is 2.38. The maximum atomic E-state index is 9.07. The highest BCUT2D eigenvalue weighted by atomic mass is 16.5. The van der Waals surface area contributed by atoms with E-state index in [1.807, 2.05) is 54.6 Å². The summed E-state index contributed by atoms with van der Waals surface area (Å²) in [5, 5.41) is 13.1. The van der Waals surface area contributed by atoms with Gasteiger partial charge in [0.15, 0.2) is 0 Å². The summed E-state index contributed by atoms with van der Waals surface area (Å²) in [6.07, 6.45) is 0. The van der Waals surface area contributed by atoms with E-state index in [1.54, 1.807) is 0 Å². The molecule has 0 saturated carbocycles. The molecule has 0 atom stereocenters. The van der Waals surface area contributed by atoms with Gasteiger partial charge in [-0.05, 0) is 12.1 Å². The van der Waals surface area contributed by atoms with E-state index in [4.69, 9.17) is 14.1 Å². The highest BCUT2D eigenvalue weighted by molar-refractivity contribution is 6.21. The van der Waals surface area contributed by atoms with Crippen LogP contribution >= 0.6 is 0 Å². The Kier molecular flexibility index (Phi) is 2.44. The molecule has 0 fully saturated rings. The fourth-order valence-corrected chi connectivity index (χ4v) is 2.70. The van der Waals surface area contributed by atoms with Gasteiger partial charge < -0.3 is 14.1 Å². The van der Waals surface area contributed by atoms with Crippen molar-refractivity contribution in [2.75, 3.05) is 0 Å². The molecule has 1 heterocycles. The van der Waals surface area contributed by atoms with Crippen LogP contribution in [0.2, 0.25) is 0 Å². The van der Waals surface area contributed by atoms with Gasteiger partial charge in [-0.15, -0.1) is 0 Å². The van der Waals surface area contributed by atoms with E-state index in [0.29, 0.717) is 5.75 Å². The Morgan fingerprint density at radius 1 is 0.850 bits per heavy atom. The largest absolute Gasteiger partial charge is 0.538 e. The molecule has 1 aromatic heterocycles. The molecule has 1 N–H and O–H groups in total. The Morgan fingerprint density at radius 3 is 2.35 bits per heavy atom. The lowest BCUT2D eigenvalue weighted by Gasteiger charge is -2.07. The molecule has 0 aliphatic carbocycles. The van der Waals surface area contributed by atoms with Crippen LogP contribution in [0.15, 0.2) is 59.0 Å². The summed E-state index contributed by atoms with van der Waals surface area (Å²) in [6.45, 7) is 0. The number of furan rings is 1. The lowest BCUT2D eigenvalue weighted by atomic mass is 10.0. The van der Waals surface area contributed by atoms with E-state index in [0.717, 1.165) is 32.7 Å². The van der Waals surface area contributed by atoms with Gasteiger partial charge in [0.05, 0.1) is 0 Å². The molecule has 0 radical (unpaired) electrons. The molecule has 0 saturated heterocycles. The van der Waals surface area contributed by atoms with Gasteiger partial charge >= 0.3 is 7.69 Å². The monoisotopic (exact) mass is 262 g/mol. The summed E-state index contributed by atoms with van der Waals surface area (Å²) in [4.78, 5) is 0. The van der Waals surface area contributed by atoms with Gasteiger partial charge in [0.2, 0.25) is 0 Å². The molecule has 96 valence electrons. The Balaban J connectivity index is 2.23. The highest BCUT2D eigenvalue weighted by Gasteiger charge is 2.13. The summed E-state index contributed by atoms with van der Waals surface area (Å²) >= 11 is 0. The van der Waals surface area contributed by atoms with Crippen molar-refractivity contribution in [3.05, 3.63) is 54.6 Å². The van der Waals surface area contributed by atoms with E-state index in [9.17, 15) is 0 Å². The van der Waals surface area contributed by atoms with Gasteiger partial charge in [0, 0.05) is 21.5 Å². The molecule has 4 aromatic rings. The Bertz CT molecular complexity index is 927. The van der Waals surface area contributed by atoms with Crippen molar-refractivity contribution in [3.8, 4) is 5.75 Å². The summed E-state index contributed by atoms with van der Waals surface area (Å²) < 4.78 is 11.3. The lowest BCUT2D eigenvalue weighted by Crippen LogP contribution is -2.00. The maximum absolute atomic E-state index is 9.07. The van der Waals surface area contributed by atoms with E-state index >= 15 is 0 Å². The molecule has 0 aliphatic rings. The number of hydrogen-bond acceptors (Lipinski definition) is 3. The van der Waals surface area contributed by atoms with Crippen LogP contribution in [0.25, 0.3) is 32.7 Å². The second kappa shape index (κ2) is 4.29. The molecule has 0 amide bonds. The summed E-state index contributed by atoms with van der Waals surface area (Å²) in [6, 6.07) is 17.7. The van der Waals surface area contributed by atoms with Crippen LogP contribution in [-0.2, 0) is 0 Å². The number of benzene rings is 3. The second-order valence-electron chi connectivity index (χ2n) is 4.67. The zero-order valence-corrected chi connectivity index (χ0v) is 10.7. The topological polar surface area (TPSA) is 42.6 Å². The molecule has 0 spiro atoms. The summed E-state index contributed by atoms with van der Waals surface area (Å²) in [5.41, 5.74) is 1.71. The first kappa shape index (κ1) is 11.4. The molecule has 3 nitrogen and oxygen atoms in total. The quantitative estimate of drug-likeness (QED) is 0.563. The van der Waals surface area contributed by atoms with Crippen LogP contribution in [0, 0.1) is 0 Å². The van der Waals surface area contributed by atoms with Gasteiger partial charge in [0.1, 0.15) is 16.9 Å². The first-order valence-corrected chi connectivity index (χ1v) is 6.45. The third kappa shape index (κ3) is 1.52. The Labute approximate surface area is 115 Å². The number of fused-ring (bicyclic) bond motifs is 5. The predicted molar refractivity (Wildman–Crippen MR) is 81.2 cm³/mol. The molecular weight excluding hydrogens is 251 g/mol. The fourth-order valence-electron chi connectivity index (χ4n) is 2.70. The average molecular weight is 262 g/mol. The van der Waals surface area contributed by atoms with Crippen molar-refractivity contribution in [1.82, 2.24) is 0 Å². The third-order valence-electron chi connectivity index (χ3n) is 3.57. The van der Waals surface area contributed by atoms with E-state index < -0.39 is 0 Å². The van der Waals surface area contributed by atoms with Crippen molar-refractivity contribution >= 4 is 40.4 Å². The van der Waals surface area contributed by atoms with Crippen molar-refractivity contribution in [3.63, 3.8) is 0 Å². The zero-order valence-electron chi connectivity index (χ0n) is 10.7. The minimum Gasteiger partial charge on any atom is -0.538 e.